The summed E-state index contributed by atoms with van der Waals surface area (Å²) in [6, 6.07) is 7.80. The molecule has 16 heavy (non-hydrogen) atoms. The van der Waals surface area contributed by atoms with Crippen molar-refractivity contribution in [2.75, 3.05) is 13.4 Å². The van der Waals surface area contributed by atoms with Gasteiger partial charge in [0.15, 0.2) is 11.0 Å². The van der Waals surface area contributed by atoms with Gasteiger partial charge in [0, 0.05) is 12.6 Å². The van der Waals surface area contributed by atoms with Gasteiger partial charge in [-0.1, -0.05) is 11.8 Å². The monoisotopic (exact) mass is 235 g/mol. The third kappa shape index (κ3) is 1.90. The predicted molar refractivity (Wildman–Crippen MR) is 64.8 cm³/mol. The molecule has 0 atom stereocenters. The molecule has 0 N–H and O–H groups in total. The molecule has 4 nitrogen and oxygen atoms in total. The Bertz CT molecular complexity index is 478. The van der Waals surface area contributed by atoms with Crippen molar-refractivity contribution in [2.45, 2.75) is 5.16 Å². The van der Waals surface area contributed by atoms with Gasteiger partial charge in [-0.25, -0.2) is 0 Å². The van der Waals surface area contributed by atoms with Crippen LogP contribution in [-0.4, -0.2) is 28.1 Å². The van der Waals surface area contributed by atoms with Crippen molar-refractivity contribution in [1.29, 1.82) is 0 Å². The molecule has 84 valence electrons. The summed E-state index contributed by atoms with van der Waals surface area (Å²) >= 11 is 1.58. The van der Waals surface area contributed by atoms with Crippen LogP contribution in [0.5, 0.6) is 5.75 Å². The van der Waals surface area contributed by atoms with Gasteiger partial charge in [-0.2, -0.15) is 0 Å². The molecule has 1 aromatic carbocycles. The highest BCUT2D eigenvalue weighted by atomic mass is 32.2. The molecular formula is C11H13N3OS. The smallest absolute Gasteiger partial charge is 0.190 e. The van der Waals surface area contributed by atoms with E-state index >= 15 is 0 Å². The molecule has 0 aliphatic heterocycles. The average Bonchev–Trinajstić information content (AvgIpc) is 2.70. The van der Waals surface area contributed by atoms with Gasteiger partial charge in [0.05, 0.1) is 7.11 Å². The molecule has 1 aromatic heterocycles. The maximum Gasteiger partial charge on any atom is 0.190 e. The van der Waals surface area contributed by atoms with E-state index in [1.54, 1.807) is 18.9 Å². The Hall–Kier alpha value is -1.49. The first-order valence-corrected chi connectivity index (χ1v) is 6.06. The van der Waals surface area contributed by atoms with Crippen LogP contribution in [0.15, 0.2) is 29.4 Å². The Morgan fingerprint density at radius 3 is 2.38 bits per heavy atom. The largest absolute Gasteiger partial charge is 0.497 e. The Morgan fingerprint density at radius 1 is 1.19 bits per heavy atom. The fourth-order valence-corrected chi connectivity index (χ4v) is 1.97. The lowest BCUT2D eigenvalue weighted by Crippen LogP contribution is -1.94. The number of hydrogen-bond donors (Lipinski definition) is 0. The van der Waals surface area contributed by atoms with Gasteiger partial charge in [0.1, 0.15) is 5.75 Å². The molecule has 2 aromatic rings. The normalized spacial score (nSPS) is 10.4. The molecular weight excluding hydrogens is 222 g/mol. The minimum Gasteiger partial charge on any atom is -0.497 e. The third-order valence-electron chi connectivity index (χ3n) is 2.37. The molecule has 0 fully saturated rings. The van der Waals surface area contributed by atoms with E-state index in [4.69, 9.17) is 4.74 Å². The number of aromatic nitrogens is 3. The van der Waals surface area contributed by atoms with Crippen molar-refractivity contribution in [2.24, 2.45) is 7.05 Å². The number of hydrogen-bond acceptors (Lipinski definition) is 4. The molecule has 0 radical (unpaired) electrons. The lowest BCUT2D eigenvalue weighted by atomic mass is 10.2. The van der Waals surface area contributed by atoms with Crippen molar-refractivity contribution in [3.63, 3.8) is 0 Å². The van der Waals surface area contributed by atoms with Crippen LogP contribution in [-0.2, 0) is 7.05 Å². The van der Waals surface area contributed by atoms with Crippen LogP contribution in [0.4, 0.5) is 0 Å². The molecule has 0 aliphatic rings. The van der Waals surface area contributed by atoms with E-state index in [0.717, 1.165) is 22.3 Å². The van der Waals surface area contributed by atoms with Gasteiger partial charge in [0.2, 0.25) is 0 Å². The Balaban J connectivity index is 2.38. The van der Waals surface area contributed by atoms with Gasteiger partial charge in [-0.15, -0.1) is 10.2 Å². The van der Waals surface area contributed by atoms with Crippen molar-refractivity contribution < 1.29 is 4.74 Å². The highest BCUT2D eigenvalue weighted by Crippen LogP contribution is 2.23. The van der Waals surface area contributed by atoms with Crippen LogP contribution < -0.4 is 4.74 Å². The Morgan fingerprint density at radius 2 is 1.88 bits per heavy atom. The minimum absolute atomic E-state index is 0.844. The molecule has 0 amide bonds. The lowest BCUT2D eigenvalue weighted by molar-refractivity contribution is 0.415. The van der Waals surface area contributed by atoms with Crippen molar-refractivity contribution in [3.8, 4) is 17.1 Å². The van der Waals surface area contributed by atoms with E-state index in [2.05, 4.69) is 10.2 Å². The molecule has 0 spiro atoms. The highest BCUT2D eigenvalue weighted by molar-refractivity contribution is 7.98. The number of nitrogens with zero attached hydrogens (tertiary/aromatic N) is 3. The van der Waals surface area contributed by atoms with Crippen LogP contribution in [0.2, 0.25) is 0 Å². The van der Waals surface area contributed by atoms with Crippen LogP contribution in [0.25, 0.3) is 11.4 Å². The second-order valence-corrected chi connectivity index (χ2v) is 4.07. The Kier molecular flexibility index (Phi) is 3.14. The highest BCUT2D eigenvalue weighted by Gasteiger charge is 2.09. The maximum atomic E-state index is 5.11. The van der Waals surface area contributed by atoms with E-state index in [-0.39, 0.29) is 0 Å². The summed E-state index contributed by atoms with van der Waals surface area (Å²) in [5, 5.41) is 9.17. The van der Waals surface area contributed by atoms with Gasteiger partial charge in [-0.05, 0) is 30.5 Å². The van der Waals surface area contributed by atoms with Crippen LogP contribution in [0, 0.1) is 0 Å². The summed E-state index contributed by atoms with van der Waals surface area (Å²) < 4.78 is 7.09. The van der Waals surface area contributed by atoms with E-state index in [0.29, 0.717) is 0 Å². The molecule has 0 unspecified atom stereocenters. The second-order valence-electron chi connectivity index (χ2n) is 3.30. The van der Waals surface area contributed by atoms with Gasteiger partial charge in [-0.3, -0.25) is 0 Å². The summed E-state index contributed by atoms with van der Waals surface area (Å²) in [6.07, 6.45) is 1.99. The van der Waals surface area contributed by atoms with Gasteiger partial charge < -0.3 is 9.30 Å². The molecule has 0 bridgehead atoms. The summed E-state index contributed by atoms with van der Waals surface area (Å²) in [4.78, 5) is 0. The zero-order chi connectivity index (χ0) is 11.5. The topological polar surface area (TPSA) is 39.9 Å². The quantitative estimate of drug-likeness (QED) is 0.765. The van der Waals surface area contributed by atoms with Crippen LogP contribution >= 0.6 is 11.8 Å². The molecule has 0 aliphatic carbocycles. The fraction of sp³-hybridized carbons (Fsp3) is 0.273. The number of benzene rings is 1. The first kappa shape index (κ1) is 11.0. The summed E-state index contributed by atoms with van der Waals surface area (Å²) in [5.41, 5.74) is 1.04. The summed E-state index contributed by atoms with van der Waals surface area (Å²) in [5.74, 6) is 1.71. The minimum atomic E-state index is 0.844. The van der Waals surface area contributed by atoms with E-state index in [1.165, 1.54) is 0 Å². The van der Waals surface area contributed by atoms with E-state index < -0.39 is 0 Å². The number of thioether (sulfide) groups is 1. The van der Waals surface area contributed by atoms with Gasteiger partial charge in [0.25, 0.3) is 0 Å². The predicted octanol–water partition coefficient (Wildman–Crippen LogP) is 2.21. The van der Waals surface area contributed by atoms with Gasteiger partial charge >= 0.3 is 0 Å². The van der Waals surface area contributed by atoms with E-state index in [1.807, 2.05) is 42.1 Å². The molecule has 2 rings (SSSR count). The third-order valence-corrected chi connectivity index (χ3v) is 3.09. The van der Waals surface area contributed by atoms with Crippen LogP contribution in [0.3, 0.4) is 0 Å². The van der Waals surface area contributed by atoms with E-state index in [9.17, 15) is 0 Å². The van der Waals surface area contributed by atoms with Crippen molar-refractivity contribution in [1.82, 2.24) is 14.8 Å². The first-order chi connectivity index (χ1) is 7.76. The second kappa shape index (κ2) is 4.57. The fourth-order valence-electron chi connectivity index (χ4n) is 1.48. The molecule has 0 saturated carbocycles. The molecule has 0 saturated heterocycles. The maximum absolute atomic E-state index is 5.11. The SMILES string of the molecule is COc1ccc(-c2nnc(SC)n2C)cc1. The number of methoxy groups -OCH3 is 1. The zero-order valence-corrected chi connectivity index (χ0v) is 10.3. The summed E-state index contributed by atoms with van der Waals surface area (Å²) in [7, 11) is 3.62. The number of rotatable bonds is 3. The Labute approximate surface area is 98.6 Å². The molecule has 5 heteroatoms. The number of ether oxygens (including phenoxy) is 1. The molecule has 1 heterocycles. The van der Waals surface area contributed by atoms with Crippen molar-refractivity contribution >= 4 is 11.8 Å². The van der Waals surface area contributed by atoms with Crippen LogP contribution in [0.1, 0.15) is 0 Å². The average molecular weight is 235 g/mol. The lowest BCUT2D eigenvalue weighted by Gasteiger charge is -2.03. The standard InChI is InChI=1S/C11H13N3OS/c1-14-10(12-13-11(14)16-3)8-4-6-9(15-2)7-5-8/h4-7H,1-3H3. The summed E-state index contributed by atoms with van der Waals surface area (Å²) in [6.45, 7) is 0. The first-order valence-electron chi connectivity index (χ1n) is 4.84. The van der Waals surface area contributed by atoms with Crippen molar-refractivity contribution in [3.05, 3.63) is 24.3 Å². The zero-order valence-electron chi connectivity index (χ0n) is 9.47.